The number of sulfonamides is 1. The van der Waals surface area contributed by atoms with Crippen LogP contribution in [0.5, 0.6) is 0 Å². The van der Waals surface area contributed by atoms with Crippen molar-refractivity contribution in [3.8, 4) is 0 Å². The number of nitrogens with one attached hydrogen (secondary N) is 1. The highest BCUT2D eigenvalue weighted by Crippen LogP contribution is 2.25. The molecule has 0 fully saturated rings. The summed E-state index contributed by atoms with van der Waals surface area (Å²) in [7, 11) is -3.96. The Bertz CT molecular complexity index is 645. The summed E-state index contributed by atoms with van der Waals surface area (Å²) in [6, 6.07) is 1.71. The highest BCUT2D eigenvalue weighted by molar-refractivity contribution is 9.11. The van der Waals surface area contributed by atoms with Gasteiger partial charge in [-0.05, 0) is 18.6 Å². The van der Waals surface area contributed by atoms with Crippen molar-refractivity contribution in [3.05, 3.63) is 44.7 Å². The first-order chi connectivity index (χ1) is 8.65. The van der Waals surface area contributed by atoms with Crippen LogP contribution in [0.1, 0.15) is 5.56 Å². The van der Waals surface area contributed by atoms with Crippen LogP contribution < -0.4 is 4.72 Å². The summed E-state index contributed by atoms with van der Waals surface area (Å²) in [5, 5.41) is 10.6. The molecule has 0 unspecified atom stereocenters. The molecule has 1 N–H and O–H groups in total. The zero-order valence-electron chi connectivity index (χ0n) is 9.81. The predicted octanol–water partition coefficient (Wildman–Crippen LogP) is 2.23. The van der Waals surface area contributed by atoms with Gasteiger partial charge < -0.3 is 0 Å². The molecule has 19 heavy (non-hydrogen) atoms. The number of nitro groups is 1. The number of nitrogens with zero attached hydrogens (tertiary/aromatic N) is 1. The topological polar surface area (TPSA) is 89.3 Å². The van der Waals surface area contributed by atoms with Crippen LogP contribution in [0, 0.1) is 22.9 Å². The van der Waals surface area contributed by atoms with E-state index in [1.54, 1.807) is 0 Å². The molecule has 0 atom stereocenters. The van der Waals surface area contributed by atoms with Gasteiger partial charge >= 0.3 is 5.69 Å². The molecular weight excluding hydrogens is 343 g/mol. The average molecular weight is 353 g/mol. The molecule has 1 rings (SSSR count). The molecule has 0 radical (unpaired) electrons. The standard InChI is InChI=1S/C10H10BrFN2O4S/c1-6-3-8(4-9(10(6)12)14(15)16)19(17,18)13-5-7(2)11/h3-4,13H,2,5H2,1H3. The van der Waals surface area contributed by atoms with E-state index in [1.165, 1.54) is 6.92 Å². The molecule has 0 aliphatic rings. The second-order valence-corrected chi connectivity index (χ2v) is 6.56. The molecule has 9 heteroatoms. The van der Waals surface area contributed by atoms with Gasteiger partial charge in [-0.1, -0.05) is 22.5 Å². The SMILES string of the molecule is C=C(Br)CNS(=O)(=O)c1cc(C)c(F)c([N+](=O)[O-])c1. The molecule has 104 valence electrons. The number of hydrogen-bond donors (Lipinski definition) is 1. The van der Waals surface area contributed by atoms with Gasteiger partial charge in [0.05, 0.1) is 9.82 Å². The lowest BCUT2D eigenvalue weighted by atomic mass is 10.2. The zero-order chi connectivity index (χ0) is 14.8. The summed E-state index contributed by atoms with van der Waals surface area (Å²) in [6.45, 7) is 4.63. The second-order valence-electron chi connectivity index (χ2n) is 3.67. The van der Waals surface area contributed by atoms with Gasteiger partial charge in [0, 0.05) is 17.1 Å². The van der Waals surface area contributed by atoms with Crippen molar-refractivity contribution in [3.63, 3.8) is 0 Å². The van der Waals surface area contributed by atoms with Crippen LogP contribution in [0.4, 0.5) is 10.1 Å². The Balaban J connectivity index is 3.28. The quantitative estimate of drug-likeness (QED) is 0.649. The van der Waals surface area contributed by atoms with Gasteiger partial charge in [0.2, 0.25) is 15.8 Å². The molecule has 0 saturated carbocycles. The minimum atomic E-state index is -3.96. The van der Waals surface area contributed by atoms with E-state index in [9.17, 15) is 22.9 Å². The van der Waals surface area contributed by atoms with Crippen molar-refractivity contribution in [1.29, 1.82) is 0 Å². The molecular formula is C10H10BrFN2O4S. The van der Waals surface area contributed by atoms with E-state index in [0.29, 0.717) is 10.5 Å². The van der Waals surface area contributed by atoms with E-state index in [1.807, 2.05) is 0 Å². The van der Waals surface area contributed by atoms with Gasteiger partial charge in [-0.25, -0.2) is 13.1 Å². The molecule has 0 heterocycles. The predicted molar refractivity (Wildman–Crippen MR) is 71.0 cm³/mol. The number of aryl methyl sites for hydroxylation is 1. The Morgan fingerprint density at radius 2 is 2.16 bits per heavy atom. The lowest BCUT2D eigenvalue weighted by molar-refractivity contribution is -0.387. The molecule has 0 saturated heterocycles. The Labute approximate surface area is 117 Å². The number of nitro benzene ring substituents is 1. The van der Waals surface area contributed by atoms with Crippen LogP contribution in [0.3, 0.4) is 0 Å². The summed E-state index contributed by atoms with van der Waals surface area (Å²) >= 11 is 2.97. The molecule has 1 aromatic rings. The largest absolute Gasteiger partial charge is 0.306 e. The van der Waals surface area contributed by atoms with Gasteiger partial charge in [-0.15, -0.1) is 0 Å². The molecule has 0 aliphatic carbocycles. The maximum Gasteiger partial charge on any atom is 0.306 e. The van der Waals surface area contributed by atoms with E-state index < -0.39 is 26.5 Å². The van der Waals surface area contributed by atoms with Crippen LogP contribution in [0.2, 0.25) is 0 Å². The summed E-state index contributed by atoms with van der Waals surface area (Å²) in [4.78, 5) is 9.31. The van der Waals surface area contributed by atoms with Gasteiger partial charge in [0.1, 0.15) is 0 Å². The molecule has 0 bridgehead atoms. The number of halogens is 2. The average Bonchev–Trinajstić information content (AvgIpc) is 2.29. The third-order valence-electron chi connectivity index (χ3n) is 2.17. The third-order valence-corrected chi connectivity index (χ3v) is 3.83. The summed E-state index contributed by atoms with van der Waals surface area (Å²) in [5.74, 6) is -1.05. The highest BCUT2D eigenvalue weighted by atomic mass is 79.9. The van der Waals surface area contributed by atoms with Crippen molar-refractivity contribution in [2.45, 2.75) is 11.8 Å². The number of rotatable bonds is 5. The fourth-order valence-electron chi connectivity index (χ4n) is 1.26. The maximum atomic E-state index is 13.5. The lowest BCUT2D eigenvalue weighted by Gasteiger charge is -2.07. The Morgan fingerprint density at radius 3 is 2.63 bits per heavy atom. The number of benzene rings is 1. The Kier molecular flexibility index (Phi) is 4.77. The zero-order valence-corrected chi connectivity index (χ0v) is 12.2. The summed E-state index contributed by atoms with van der Waals surface area (Å²) in [5.41, 5.74) is -0.995. The molecule has 0 spiro atoms. The minimum absolute atomic E-state index is 0.0768. The highest BCUT2D eigenvalue weighted by Gasteiger charge is 2.23. The molecule has 0 aliphatic heterocycles. The lowest BCUT2D eigenvalue weighted by Crippen LogP contribution is -2.25. The van der Waals surface area contributed by atoms with E-state index in [2.05, 4.69) is 27.2 Å². The Morgan fingerprint density at radius 1 is 1.58 bits per heavy atom. The monoisotopic (exact) mass is 352 g/mol. The van der Waals surface area contributed by atoms with E-state index >= 15 is 0 Å². The first-order valence-corrected chi connectivity index (χ1v) is 7.20. The van der Waals surface area contributed by atoms with Crippen molar-refractivity contribution < 1.29 is 17.7 Å². The maximum absolute atomic E-state index is 13.5. The molecule has 0 amide bonds. The second kappa shape index (κ2) is 5.76. The molecule has 6 nitrogen and oxygen atoms in total. The fraction of sp³-hybridized carbons (Fsp3) is 0.200. The van der Waals surface area contributed by atoms with Crippen LogP contribution in [-0.2, 0) is 10.0 Å². The van der Waals surface area contributed by atoms with Crippen molar-refractivity contribution in [2.75, 3.05) is 6.54 Å². The first-order valence-electron chi connectivity index (χ1n) is 4.92. The minimum Gasteiger partial charge on any atom is -0.258 e. The fourth-order valence-corrected chi connectivity index (χ4v) is 2.72. The normalized spacial score (nSPS) is 11.3. The molecule has 1 aromatic carbocycles. The van der Waals surface area contributed by atoms with E-state index in [0.717, 1.165) is 6.07 Å². The van der Waals surface area contributed by atoms with E-state index in [-0.39, 0.29) is 17.0 Å². The van der Waals surface area contributed by atoms with Crippen molar-refractivity contribution >= 4 is 31.6 Å². The van der Waals surface area contributed by atoms with Crippen LogP contribution in [-0.4, -0.2) is 19.9 Å². The van der Waals surface area contributed by atoms with Crippen LogP contribution >= 0.6 is 15.9 Å². The smallest absolute Gasteiger partial charge is 0.258 e. The van der Waals surface area contributed by atoms with Gasteiger partial charge in [0.15, 0.2) is 0 Å². The van der Waals surface area contributed by atoms with Gasteiger partial charge in [-0.2, -0.15) is 4.39 Å². The Hall–Kier alpha value is -1.32. The van der Waals surface area contributed by atoms with Crippen LogP contribution in [0.15, 0.2) is 28.1 Å². The third kappa shape index (κ3) is 3.82. The number of hydrogen-bond acceptors (Lipinski definition) is 4. The van der Waals surface area contributed by atoms with Crippen molar-refractivity contribution in [1.82, 2.24) is 4.72 Å². The van der Waals surface area contributed by atoms with Gasteiger partial charge in [0.25, 0.3) is 0 Å². The first kappa shape index (κ1) is 15.7. The van der Waals surface area contributed by atoms with E-state index in [4.69, 9.17) is 0 Å². The molecule has 0 aromatic heterocycles. The summed E-state index contributed by atoms with van der Waals surface area (Å²) < 4.78 is 39.7. The van der Waals surface area contributed by atoms with Crippen molar-refractivity contribution in [2.24, 2.45) is 0 Å². The summed E-state index contributed by atoms with van der Waals surface area (Å²) in [6.07, 6.45) is 0. The van der Waals surface area contributed by atoms with Crippen LogP contribution in [0.25, 0.3) is 0 Å². The van der Waals surface area contributed by atoms with Gasteiger partial charge in [-0.3, -0.25) is 10.1 Å².